The topological polar surface area (TPSA) is 29.5 Å². The van der Waals surface area contributed by atoms with E-state index >= 15 is 0 Å². The summed E-state index contributed by atoms with van der Waals surface area (Å²) in [7, 11) is 0. The molecule has 0 aromatic heterocycles. The summed E-state index contributed by atoms with van der Waals surface area (Å²) in [6, 6.07) is 6.02. The Morgan fingerprint density at radius 3 is 2.74 bits per heavy atom. The number of fused-ring (bicyclic) bond motifs is 1. The van der Waals surface area contributed by atoms with Crippen molar-refractivity contribution in [3.8, 4) is 0 Å². The molecule has 1 heterocycles. The lowest BCUT2D eigenvalue weighted by Gasteiger charge is -2.24. The molecule has 0 atom stereocenters. The molecule has 0 aliphatic carbocycles. The zero-order chi connectivity index (χ0) is 14.0. The van der Waals surface area contributed by atoms with E-state index < -0.39 is 0 Å². The van der Waals surface area contributed by atoms with Crippen molar-refractivity contribution < 1.29 is 9.53 Å². The van der Waals surface area contributed by atoms with Crippen molar-refractivity contribution in [2.24, 2.45) is 0 Å². The molecule has 0 N–H and O–H groups in total. The third-order valence-corrected chi connectivity index (χ3v) is 3.37. The Kier molecular flexibility index (Phi) is 3.95. The van der Waals surface area contributed by atoms with Crippen LogP contribution in [0.15, 0.2) is 18.2 Å². The number of benzene rings is 1. The molecule has 3 heteroatoms. The van der Waals surface area contributed by atoms with Gasteiger partial charge in [0.05, 0.1) is 12.2 Å². The van der Waals surface area contributed by atoms with Crippen LogP contribution in [0.5, 0.6) is 0 Å². The smallest absolute Gasteiger partial charge is 0.159 e. The summed E-state index contributed by atoms with van der Waals surface area (Å²) in [4.78, 5) is 13.7. The number of ether oxygens (including phenoxy) is 1. The number of carbonyl (C=O) groups is 1. The number of anilines is 1. The van der Waals surface area contributed by atoms with Crippen molar-refractivity contribution in [1.82, 2.24) is 0 Å². The van der Waals surface area contributed by atoms with Crippen LogP contribution in [0.2, 0.25) is 0 Å². The summed E-state index contributed by atoms with van der Waals surface area (Å²) in [6.45, 7) is 10.5. The van der Waals surface area contributed by atoms with Crippen molar-refractivity contribution in [2.45, 2.75) is 39.7 Å². The minimum atomic E-state index is -0.0823. The summed E-state index contributed by atoms with van der Waals surface area (Å²) >= 11 is 0. The summed E-state index contributed by atoms with van der Waals surface area (Å²) < 4.78 is 5.77. The van der Waals surface area contributed by atoms with Crippen LogP contribution < -0.4 is 4.90 Å². The first-order valence-corrected chi connectivity index (χ1v) is 6.89. The fraction of sp³-hybridized carbons (Fsp3) is 0.562. The first-order chi connectivity index (χ1) is 8.87. The largest absolute Gasteiger partial charge is 0.374 e. The van der Waals surface area contributed by atoms with Gasteiger partial charge in [-0.15, -0.1) is 0 Å². The molecule has 104 valence electrons. The standard InChI is InChI=1S/C16H23NO2/c1-12(18)13-5-6-15-14(11-13)7-8-17(15)9-10-19-16(2,3)4/h5-6,11H,7-10H2,1-4H3. The lowest BCUT2D eigenvalue weighted by atomic mass is 10.1. The van der Waals surface area contributed by atoms with E-state index in [1.54, 1.807) is 6.92 Å². The van der Waals surface area contributed by atoms with Gasteiger partial charge in [-0.2, -0.15) is 0 Å². The van der Waals surface area contributed by atoms with Gasteiger partial charge in [0, 0.05) is 24.3 Å². The van der Waals surface area contributed by atoms with Crippen LogP contribution in [0.4, 0.5) is 5.69 Å². The fourth-order valence-electron chi connectivity index (χ4n) is 2.38. The molecular formula is C16H23NO2. The Morgan fingerprint density at radius 2 is 2.11 bits per heavy atom. The number of hydrogen-bond acceptors (Lipinski definition) is 3. The van der Waals surface area contributed by atoms with Gasteiger partial charge in [0.1, 0.15) is 0 Å². The number of ketones is 1. The molecule has 1 aliphatic heterocycles. The molecule has 3 nitrogen and oxygen atoms in total. The Hall–Kier alpha value is -1.35. The number of nitrogens with zero attached hydrogens (tertiary/aromatic N) is 1. The summed E-state index contributed by atoms with van der Waals surface area (Å²) in [5.41, 5.74) is 3.26. The maximum Gasteiger partial charge on any atom is 0.159 e. The fourth-order valence-corrected chi connectivity index (χ4v) is 2.38. The Labute approximate surface area is 115 Å². The third kappa shape index (κ3) is 3.57. The molecule has 1 aromatic carbocycles. The minimum absolute atomic E-state index is 0.0823. The van der Waals surface area contributed by atoms with Gasteiger partial charge in [-0.1, -0.05) is 0 Å². The second-order valence-electron chi connectivity index (χ2n) is 6.10. The zero-order valence-electron chi connectivity index (χ0n) is 12.3. The molecule has 0 spiro atoms. The number of hydrogen-bond donors (Lipinski definition) is 0. The van der Waals surface area contributed by atoms with E-state index in [1.807, 2.05) is 12.1 Å². The molecule has 0 saturated carbocycles. The van der Waals surface area contributed by atoms with Gasteiger partial charge in [-0.25, -0.2) is 0 Å². The van der Waals surface area contributed by atoms with Gasteiger partial charge < -0.3 is 9.64 Å². The molecule has 1 aliphatic rings. The highest BCUT2D eigenvalue weighted by molar-refractivity contribution is 5.94. The minimum Gasteiger partial charge on any atom is -0.374 e. The van der Waals surface area contributed by atoms with E-state index in [4.69, 9.17) is 4.74 Å². The van der Waals surface area contributed by atoms with E-state index in [0.29, 0.717) is 0 Å². The lowest BCUT2D eigenvalue weighted by molar-refractivity contribution is 0.00148. The maximum absolute atomic E-state index is 11.4. The van der Waals surface area contributed by atoms with Gasteiger partial charge >= 0.3 is 0 Å². The van der Waals surface area contributed by atoms with Gasteiger partial charge in [0.2, 0.25) is 0 Å². The molecule has 0 fully saturated rings. The van der Waals surface area contributed by atoms with Crippen LogP contribution in [-0.2, 0) is 11.2 Å². The van der Waals surface area contributed by atoms with Crippen LogP contribution >= 0.6 is 0 Å². The number of rotatable bonds is 4. The van der Waals surface area contributed by atoms with Crippen LogP contribution in [-0.4, -0.2) is 31.1 Å². The molecule has 0 bridgehead atoms. The van der Waals surface area contributed by atoms with E-state index in [2.05, 4.69) is 31.7 Å². The highest BCUT2D eigenvalue weighted by atomic mass is 16.5. The highest BCUT2D eigenvalue weighted by Gasteiger charge is 2.20. The quantitative estimate of drug-likeness (QED) is 0.780. The van der Waals surface area contributed by atoms with E-state index in [0.717, 1.165) is 31.7 Å². The van der Waals surface area contributed by atoms with Gasteiger partial charge in [-0.3, -0.25) is 4.79 Å². The second-order valence-corrected chi connectivity index (χ2v) is 6.10. The number of Topliss-reactive ketones (excluding diaryl/α,β-unsaturated/α-hetero) is 1. The molecule has 0 amide bonds. The average Bonchev–Trinajstić information content (AvgIpc) is 2.70. The first-order valence-electron chi connectivity index (χ1n) is 6.89. The average molecular weight is 261 g/mol. The van der Waals surface area contributed by atoms with Gasteiger partial charge in [0.15, 0.2) is 5.78 Å². The van der Waals surface area contributed by atoms with Crippen LogP contribution in [0.3, 0.4) is 0 Å². The molecule has 2 rings (SSSR count). The van der Waals surface area contributed by atoms with Gasteiger partial charge in [-0.05, 0) is 57.9 Å². The van der Waals surface area contributed by atoms with Gasteiger partial charge in [0.25, 0.3) is 0 Å². The van der Waals surface area contributed by atoms with Crippen molar-refractivity contribution >= 4 is 11.5 Å². The van der Waals surface area contributed by atoms with Crippen LogP contribution in [0.1, 0.15) is 43.6 Å². The van der Waals surface area contributed by atoms with Crippen LogP contribution in [0, 0.1) is 0 Å². The molecule has 0 saturated heterocycles. The van der Waals surface area contributed by atoms with E-state index in [1.165, 1.54) is 11.3 Å². The Bertz CT molecular complexity index is 474. The summed E-state index contributed by atoms with van der Waals surface area (Å²) in [5.74, 6) is 0.136. The second kappa shape index (κ2) is 5.33. The molecule has 19 heavy (non-hydrogen) atoms. The van der Waals surface area contributed by atoms with Crippen molar-refractivity contribution in [2.75, 3.05) is 24.6 Å². The predicted octanol–water partition coefficient (Wildman–Crippen LogP) is 3.07. The molecule has 0 unspecified atom stereocenters. The van der Waals surface area contributed by atoms with Crippen molar-refractivity contribution in [3.63, 3.8) is 0 Å². The third-order valence-electron chi connectivity index (χ3n) is 3.37. The van der Waals surface area contributed by atoms with E-state index in [-0.39, 0.29) is 11.4 Å². The Balaban J connectivity index is 2.00. The first kappa shape index (κ1) is 14.1. The molecule has 0 radical (unpaired) electrons. The highest BCUT2D eigenvalue weighted by Crippen LogP contribution is 2.28. The Morgan fingerprint density at radius 1 is 1.37 bits per heavy atom. The monoisotopic (exact) mass is 261 g/mol. The maximum atomic E-state index is 11.4. The summed E-state index contributed by atoms with van der Waals surface area (Å²) in [5, 5.41) is 0. The predicted molar refractivity (Wildman–Crippen MR) is 78.1 cm³/mol. The normalized spacial score (nSPS) is 14.6. The van der Waals surface area contributed by atoms with Crippen LogP contribution in [0.25, 0.3) is 0 Å². The molecular weight excluding hydrogens is 238 g/mol. The summed E-state index contributed by atoms with van der Waals surface area (Å²) in [6.07, 6.45) is 1.02. The number of carbonyl (C=O) groups excluding carboxylic acids is 1. The SMILES string of the molecule is CC(=O)c1ccc2c(c1)CCN2CCOC(C)(C)C. The lowest BCUT2D eigenvalue weighted by Crippen LogP contribution is -2.29. The van der Waals surface area contributed by atoms with Crippen molar-refractivity contribution in [1.29, 1.82) is 0 Å². The van der Waals surface area contributed by atoms with Crippen molar-refractivity contribution in [3.05, 3.63) is 29.3 Å². The zero-order valence-corrected chi connectivity index (χ0v) is 12.3. The van der Waals surface area contributed by atoms with E-state index in [9.17, 15) is 4.79 Å². The molecule has 1 aromatic rings.